The molecular weight excluding hydrogens is 344 g/mol. The van der Waals surface area contributed by atoms with Gasteiger partial charge in [-0.2, -0.15) is 0 Å². The summed E-state index contributed by atoms with van der Waals surface area (Å²) in [6.07, 6.45) is 0.733. The molecule has 0 unspecified atom stereocenters. The molecule has 0 aliphatic carbocycles. The second kappa shape index (κ2) is 8.03. The zero-order chi connectivity index (χ0) is 19.4. The van der Waals surface area contributed by atoms with Crippen molar-refractivity contribution in [3.8, 4) is 5.75 Å². The van der Waals surface area contributed by atoms with Crippen LogP contribution < -0.4 is 10.1 Å². The number of nitrogens with one attached hydrogen (secondary N) is 1. The van der Waals surface area contributed by atoms with Crippen LogP contribution in [0.2, 0.25) is 0 Å². The third kappa shape index (κ3) is 4.16. The smallest absolute Gasteiger partial charge is 0.261 e. The van der Waals surface area contributed by atoms with Gasteiger partial charge in [0.1, 0.15) is 12.3 Å². The predicted molar refractivity (Wildman–Crippen MR) is 101 cm³/mol. The topological polar surface area (TPSA) is 75.7 Å². The molecule has 2 aromatic carbocycles. The number of hydrogen-bond donors (Lipinski definition) is 1. The molecule has 3 rings (SSSR count). The van der Waals surface area contributed by atoms with Crippen LogP contribution in [0.3, 0.4) is 0 Å². The van der Waals surface area contributed by atoms with E-state index in [-0.39, 0.29) is 24.8 Å². The average Bonchev–Trinajstić information content (AvgIpc) is 2.65. The first-order valence-electron chi connectivity index (χ1n) is 8.82. The van der Waals surface area contributed by atoms with Gasteiger partial charge in [0.05, 0.1) is 13.5 Å². The molecule has 0 saturated carbocycles. The number of benzene rings is 2. The van der Waals surface area contributed by atoms with Crippen LogP contribution in [0.15, 0.2) is 42.5 Å². The summed E-state index contributed by atoms with van der Waals surface area (Å²) < 4.78 is 5.33. The van der Waals surface area contributed by atoms with Crippen LogP contribution in [0.5, 0.6) is 5.75 Å². The summed E-state index contributed by atoms with van der Waals surface area (Å²) in [5.41, 5.74) is 3.29. The largest absolute Gasteiger partial charge is 0.496 e. The van der Waals surface area contributed by atoms with Gasteiger partial charge in [0.15, 0.2) is 0 Å². The molecule has 140 valence electrons. The van der Waals surface area contributed by atoms with Gasteiger partial charge in [-0.05, 0) is 36.6 Å². The lowest BCUT2D eigenvalue weighted by molar-refractivity contribution is -0.133. The fraction of sp³-hybridized carbons (Fsp3) is 0.286. The van der Waals surface area contributed by atoms with Gasteiger partial charge in [-0.15, -0.1) is 0 Å². The maximum atomic E-state index is 12.5. The van der Waals surface area contributed by atoms with Crippen molar-refractivity contribution >= 4 is 17.7 Å². The van der Waals surface area contributed by atoms with Gasteiger partial charge >= 0.3 is 0 Å². The SMILES string of the molecule is COc1ccc(C)cc1CCNC(=O)CN1C(=O)Cc2ccccc2C1=O. The number of rotatable bonds is 6. The molecule has 6 nitrogen and oxygen atoms in total. The number of ether oxygens (including phenoxy) is 1. The maximum absolute atomic E-state index is 12.5. The van der Waals surface area contributed by atoms with Gasteiger partial charge in [0, 0.05) is 12.1 Å². The van der Waals surface area contributed by atoms with Gasteiger partial charge in [0.2, 0.25) is 11.8 Å². The summed E-state index contributed by atoms with van der Waals surface area (Å²) in [7, 11) is 1.61. The summed E-state index contributed by atoms with van der Waals surface area (Å²) >= 11 is 0. The molecule has 0 atom stereocenters. The van der Waals surface area contributed by atoms with Crippen LogP contribution in [-0.2, 0) is 22.4 Å². The average molecular weight is 366 g/mol. The zero-order valence-corrected chi connectivity index (χ0v) is 15.5. The summed E-state index contributed by atoms with van der Waals surface area (Å²) in [6.45, 7) is 2.12. The Balaban J connectivity index is 1.58. The lowest BCUT2D eigenvalue weighted by Crippen LogP contribution is -2.47. The van der Waals surface area contributed by atoms with E-state index in [2.05, 4.69) is 5.32 Å². The van der Waals surface area contributed by atoms with E-state index in [9.17, 15) is 14.4 Å². The quantitative estimate of drug-likeness (QED) is 0.792. The molecule has 0 bridgehead atoms. The molecule has 0 aromatic heterocycles. The van der Waals surface area contributed by atoms with Gasteiger partial charge in [-0.1, -0.05) is 35.9 Å². The predicted octanol–water partition coefficient (Wildman–Crippen LogP) is 1.89. The van der Waals surface area contributed by atoms with Crippen LogP contribution >= 0.6 is 0 Å². The number of aryl methyl sites for hydroxylation is 1. The second-order valence-corrected chi connectivity index (χ2v) is 6.53. The molecule has 6 heteroatoms. The number of carbonyl (C=O) groups excluding carboxylic acids is 3. The van der Waals surface area contributed by atoms with Crippen molar-refractivity contribution in [3.05, 3.63) is 64.7 Å². The molecule has 0 saturated heterocycles. The Hall–Kier alpha value is -3.15. The Kier molecular flexibility index (Phi) is 5.54. The molecule has 1 aliphatic heterocycles. The van der Waals surface area contributed by atoms with Crippen molar-refractivity contribution in [1.29, 1.82) is 0 Å². The van der Waals surface area contributed by atoms with Gasteiger partial charge < -0.3 is 10.1 Å². The van der Waals surface area contributed by atoms with E-state index in [1.54, 1.807) is 31.4 Å². The van der Waals surface area contributed by atoms with Crippen LogP contribution in [-0.4, -0.2) is 42.8 Å². The van der Waals surface area contributed by atoms with Gasteiger partial charge in [0.25, 0.3) is 5.91 Å². The van der Waals surface area contributed by atoms with Crippen molar-refractivity contribution in [1.82, 2.24) is 10.2 Å². The Morgan fingerprint density at radius 3 is 2.74 bits per heavy atom. The molecular formula is C21H22N2O4. The van der Waals surface area contributed by atoms with Crippen LogP contribution in [0.1, 0.15) is 27.0 Å². The number of fused-ring (bicyclic) bond motifs is 1. The van der Waals surface area contributed by atoms with Crippen molar-refractivity contribution in [2.45, 2.75) is 19.8 Å². The van der Waals surface area contributed by atoms with Crippen molar-refractivity contribution < 1.29 is 19.1 Å². The van der Waals surface area contributed by atoms with Gasteiger partial charge in [-0.25, -0.2) is 0 Å². The van der Waals surface area contributed by atoms with E-state index in [1.807, 2.05) is 25.1 Å². The number of amides is 3. The second-order valence-electron chi connectivity index (χ2n) is 6.53. The molecule has 3 amide bonds. The fourth-order valence-electron chi connectivity index (χ4n) is 3.20. The maximum Gasteiger partial charge on any atom is 0.261 e. The summed E-state index contributed by atoms with van der Waals surface area (Å²) in [6, 6.07) is 12.9. The van der Waals surface area contributed by atoms with Crippen molar-refractivity contribution in [2.24, 2.45) is 0 Å². The third-order valence-corrected chi connectivity index (χ3v) is 4.59. The van der Waals surface area contributed by atoms with E-state index in [0.717, 1.165) is 21.8 Å². The number of hydrogen-bond acceptors (Lipinski definition) is 4. The minimum absolute atomic E-state index is 0.135. The Morgan fingerprint density at radius 1 is 1.19 bits per heavy atom. The highest BCUT2D eigenvalue weighted by atomic mass is 16.5. The van der Waals surface area contributed by atoms with Crippen LogP contribution in [0.25, 0.3) is 0 Å². The van der Waals surface area contributed by atoms with Crippen molar-refractivity contribution in [2.75, 3.05) is 20.2 Å². The first-order chi connectivity index (χ1) is 13.0. The summed E-state index contributed by atoms with van der Waals surface area (Å²) in [5, 5.41) is 2.77. The number of carbonyl (C=O) groups is 3. The van der Waals surface area contributed by atoms with E-state index >= 15 is 0 Å². The molecule has 0 radical (unpaired) electrons. The molecule has 1 aliphatic rings. The lowest BCUT2D eigenvalue weighted by Gasteiger charge is -2.26. The molecule has 0 fully saturated rings. The van der Waals surface area contributed by atoms with E-state index < -0.39 is 5.91 Å². The van der Waals surface area contributed by atoms with Crippen molar-refractivity contribution in [3.63, 3.8) is 0 Å². The molecule has 1 N–H and O–H groups in total. The number of nitrogens with zero attached hydrogens (tertiary/aromatic N) is 1. The monoisotopic (exact) mass is 366 g/mol. The minimum atomic E-state index is -0.419. The molecule has 0 spiro atoms. The molecule has 1 heterocycles. The Morgan fingerprint density at radius 2 is 1.96 bits per heavy atom. The summed E-state index contributed by atoms with van der Waals surface area (Å²) in [5.74, 6) is -0.359. The highest BCUT2D eigenvalue weighted by Gasteiger charge is 2.31. The highest BCUT2D eigenvalue weighted by molar-refractivity contribution is 6.11. The standard InChI is InChI=1S/C21H22N2O4/c1-14-7-8-18(27-2)16(11-14)9-10-22-19(24)13-23-20(25)12-15-5-3-4-6-17(15)21(23)26/h3-8,11H,9-10,12-13H2,1-2H3,(H,22,24). The zero-order valence-electron chi connectivity index (χ0n) is 15.5. The van der Waals surface area contributed by atoms with Crippen LogP contribution in [0, 0.1) is 6.92 Å². The lowest BCUT2D eigenvalue weighted by atomic mass is 9.98. The minimum Gasteiger partial charge on any atom is -0.496 e. The van der Waals surface area contributed by atoms with Crippen LogP contribution in [0.4, 0.5) is 0 Å². The van der Waals surface area contributed by atoms with Gasteiger partial charge in [-0.3, -0.25) is 19.3 Å². The Bertz CT molecular complexity index is 892. The first kappa shape index (κ1) is 18.6. The normalized spacial score (nSPS) is 13.3. The third-order valence-electron chi connectivity index (χ3n) is 4.59. The van der Waals surface area contributed by atoms with E-state index in [0.29, 0.717) is 24.1 Å². The molecule has 27 heavy (non-hydrogen) atoms. The van der Waals surface area contributed by atoms with E-state index in [4.69, 9.17) is 4.74 Å². The Labute approximate surface area is 158 Å². The van der Waals surface area contributed by atoms with E-state index in [1.165, 1.54) is 0 Å². The first-order valence-corrected chi connectivity index (χ1v) is 8.82. The molecule has 2 aromatic rings. The highest BCUT2D eigenvalue weighted by Crippen LogP contribution is 2.20. The number of methoxy groups -OCH3 is 1. The number of imide groups is 1. The summed E-state index contributed by atoms with van der Waals surface area (Å²) in [4.78, 5) is 38.0. The fourth-order valence-corrected chi connectivity index (χ4v) is 3.20.